The number of methoxy groups -OCH3 is 1. The Morgan fingerprint density at radius 3 is 2.52 bits per heavy atom. The molecule has 29 heavy (non-hydrogen) atoms. The minimum Gasteiger partial charge on any atom is -0.496 e. The quantitative estimate of drug-likeness (QED) is 0.592. The van der Waals surface area contributed by atoms with E-state index < -0.39 is 0 Å². The largest absolute Gasteiger partial charge is 0.496 e. The van der Waals surface area contributed by atoms with Crippen molar-refractivity contribution in [2.45, 2.75) is 30.3 Å². The number of carbonyl (C=O) groups is 1. The number of benzene rings is 2. The van der Waals surface area contributed by atoms with Crippen LogP contribution in [0.25, 0.3) is 11.4 Å². The molecule has 0 saturated carbocycles. The number of halogens is 1. The summed E-state index contributed by atoms with van der Waals surface area (Å²) in [4.78, 5) is 12.6. The molecular weight excluding hydrogens is 391 g/mol. The van der Waals surface area contributed by atoms with Crippen LogP contribution < -0.4 is 10.1 Å². The zero-order chi connectivity index (χ0) is 21.0. The molecule has 1 N–H and O–H groups in total. The van der Waals surface area contributed by atoms with E-state index in [-0.39, 0.29) is 23.0 Å². The molecule has 0 bridgehead atoms. The maximum atomic E-state index is 13.1. The highest BCUT2D eigenvalue weighted by Gasteiger charge is 2.22. The van der Waals surface area contributed by atoms with Crippen LogP contribution in [0.5, 0.6) is 5.75 Å². The Kier molecular flexibility index (Phi) is 6.53. The molecule has 1 heterocycles. The zero-order valence-electron chi connectivity index (χ0n) is 16.7. The summed E-state index contributed by atoms with van der Waals surface area (Å²) in [7, 11) is 3.47. The second kappa shape index (κ2) is 9.09. The molecule has 0 saturated heterocycles. The molecule has 0 aliphatic heterocycles. The average molecular weight is 415 g/mol. The Bertz CT molecular complexity index is 991. The summed E-state index contributed by atoms with van der Waals surface area (Å²) in [6.45, 7) is 3.68. The van der Waals surface area contributed by atoms with Gasteiger partial charge in [0.25, 0.3) is 0 Å². The highest BCUT2D eigenvalue weighted by molar-refractivity contribution is 8.00. The predicted octanol–water partition coefficient (Wildman–Crippen LogP) is 3.99. The molecule has 1 aromatic heterocycles. The Morgan fingerprint density at radius 1 is 1.14 bits per heavy atom. The molecule has 0 aliphatic rings. The van der Waals surface area contributed by atoms with Gasteiger partial charge in [-0.15, -0.1) is 10.2 Å². The van der Waals surface area contributed by atoms with Crippen molar-refractivity contribution in [3.8, 4) is 17.1 Å². The van der Waals surface area contributed by atoms with Crippen LogP contribution in [0.15, 0.2) is 53.7 Å². The number of hydrogen-bond donors (Lipinski definition) is 1. The SMILES string of the molecule is COc1ccccc1-c1nnc(S[C@@H](C)C(=O)N[C@@H](C)c2ccc(F)cc2)n1C. The molecule has 0 spiro atoms. The molecule has 8 heteroatoms. The van der Waals surface area contributed by atoms with Crippen molar-refractivity contribution in [3.05, 3.63) is 59.9 Å². The van der Waals surface area contributed by atoms with Gasteiger partial charge in [0, 0.05) is 7.05 Å². The number of thioether (sulfide) groups is 1. The van der Waals surface area contributed by atoms with E-state index in [4.69, 9.17) is 4.74 Å². The van der Waals surface area contributed by atoms with Gasteiger partial charge in [-0.2, -0.15) is 0 Å². The van der Waals surface area contributed by atoms with Crippen LogP contribution in [0.3, 0.4) is 0 Å². The fourth-order valence-electron chi connectivity index (χ4n) is 2.86. The van der Waals surface area contributed by atoms with Crippen molar-refractivity contribution < 1.29 is 13.9 Å². The number of aromatic nitrogens is 3. The third-order valence-electron chi connectivity index (χ3n) is 4.56. The first-order chi connectivity index (χ1) is 13.9. The minimum atomic E-state index is -0.383. The second-order valence-electron chi connectivity index (χ2n) is 6.61. The normalized spacial score (nSPS) is 13.0. The van der Waals surface area contributed by atoms with Crippen molar-refractivity contribution in [3.63, 3.8) is 0 Å². The van der Waals surface area contributed by atoms with E-state index in [1.54, 1.807) is 19.2 Å². The highest BCUT2D eigenvalue weighted by atomic mass is 32.2. The molecule has 2 aromatic carbocycles. The summed E-state index contributed by atoms with van der Waals surface area (Å²) in [6, 6.07) is 13.5. The summed E-state index contributed by atoms with van der Waals surface area (Å²) >= 11 is 1.32. The van der Waals surface area contributed by atoms with Gasteiger partial charge in [-0.25, -0.2) is 4.39 Å². The van der Waals surface area contributed by atoms with Crippen LogP contribution in [-0.4, -0.2) is 33.0 Å². The van der Waals surface area contributed by atoms with Crippen LogP contribution in [0.1, 0.15) is 25.5 Å². The van der Waals surface area contributed by atoms with Gasteiger partial charge in [-0.3, -0.25) is 4.79 Å². The maximum absolute atomic E-state index is 13.1. The van der Waals surface area contributed by atoms with Crippen molar-refractivity contribution in [2.75, 3.05) is 7.11 Å². The summed E-state index contributed by atoms with van der Waals surface area (Å²) in [5.41, 5.74) is 1.67. The summed E-state index contributed by atoms with van der Waals surface area (Å²) in [5.74, 6) is 0.939. The molecule has 3 aromatic rings. The predicted molar refractivity (Wildman–Crippen MR) is 111 cm³/mol. The highest BCUT2D eigenvalue weighted by Crippen LogP contribution is 2.31. The maximum Gasteiger partial charge on any atom is 0.233 e. The van der Waals surface area contributed by atoms with Crippen molar-refractivity contribution >= 4 is 17.7 Å². The Labute approximate surface area is 173 Å². The summed E-state index contributed by atoms with van der Waals surface area (Å²) in [6.07, 6.45) is 0. The molecule has 0 unspecified atom stereocenters. The topological polar surface area (TPSA) is 69.0 Å². The van der Waals surface area contributed by atoms with E-state index in [0.717, 1.165) is 11.1 Å². The molecule has 152 valence electrons. The lowest BCUT2D eigenvalue weighted by atomic mass is 10.1. The van der Waals surface area contributed by atoms with Gasteiger partial charge in [0.15, 0.2) is 11.0 Å². The molecule has 1 amide bonds. The van der Waals surface area contributed by atoms with E-state index in [1.807, 2.05) is 49.7 Å². The van der Waals surface area contributed by atoms with E-state index >= 15 is 0 Å². The molecule has 3 rings (SSSR count). The summed E-state index contributed by atoms with van der Waals surface area (Å²) in [5, 5.41) is 11.7. The molecular formula is C21H23FN4O2S. The van der Waals surface area contributed by atoms with Gasteiger partial charge in [0.1, 0.15) is 11.6 Å². The smallest absolute Gasteiger partial charge is 0.233 e. The molecule has 2 atom stereocenters. The number of ether oxygens (including phenoxy) is 1. The second-order valence-corrected chi connectivity index (χ2v) is 7.92. The molecule has 6 nitrogen and oxygen atoms in total. The first-order valence-electron chi connectivity index (χ1n) is 9.16. The van der Waals surface area contributed by atoms with Gasteiger partial charge in [0.2, 0.25) is 5.91 Å². The van der Waals surface area contributed by atoms with Gasteiger partial charge >= 0.3 is 0 Å². The number of amides is 1. The Balaban J connectivity index is 1.69. The first kappa shape index (κ1) is 20.9. The van der Waals surface area contributed by atoms with Gasteiger partial charge in [-0.1, -0.05) is 36.0 Å². The van der Waals surface area contributed by atoms with Gasteiger partial charge in [0.05, 0.1) is 24.0 Å². The number of nitrogens with one attached hydrogen (secondary N) is 1. The molecule has 0 aliphatic carbocycles. The Morgan fingerprint density at radius 2 is 1.83 bits per heavy atom. The third-order valence-corrected chi connectivity index (χ3v) is 5.70. The lowest BCUT2D eigenvalue weighted by molar-refractivity contribution is -0.120. The van der Waals surface area contributed by atoms with Crippen LogP contribution in [0, 0.1) is 5.82 Å². The number of carbonyl (C=O) groups excluding carboxylic acids is 1. The van der Waals surface area contributed by atoms with E-state index in [9.17, 15) is 9.18 Å². The number of nitrogens with zero attached hydrogens (tertiary/aromatic N) is 3. The van der Waals surface area contributed by atoms with E-state index in [2.05, 4.69) is 15.5 Å². The average Bonchev–Trinajstić information content (AvgIpc) is 3.08. The molecule has 0 radical (unpaired) electrons. The summed E-state index contributed by atoms with van der Waals surface area (Å²) < 4.78 is 20.3. The lowest BCUT2D eigenvalue weighted by Gasteiger charge is -2.17. The van der Waals surface area contributed by atoms with E-state index in [0.29, 0.717) is 16.7 Å². The van der Waals surface area contributed by atoms with Crippen molar-refractivity contribution in [1.29, 1.82) is 0 Å². The third kappa shape index (κ3) is 4.76. The van der Waals surface area contributed by atoms with E-state index in [1.165, 1.54) is 23.9 Å². The van der Waals surface area contributed by atoms with Crippen LogP contribution in [0.2, 0.25) is 0 Å². The minimum absolute atomic E-state index is 0.131. The monoisotopic (exact) mass is 414 g/mol. The fraction of sp³-hybridized carbons (Fsp3) is 0.286. The van der Waals surface area contributed by atoms with Crippen molar-refractivity contribution in [2.24, 2.45) is 7.05 Å². The zero-order valence-corrected chi connectivity index (χ0v) is 17.5. The fourth-order valence-corrected chi connectivity index (χ4v) is 3.68. The van der Waals surface area contributed by atoms with Crippen LogP contribution in [-0.2, 0) is 11.8 Å². The standard InChI is InChI=1S/C21H23FN4O2S/c1-13(15-9-11-16(22)12-10-15)23-20(27)14(2)29-21-25-24-19(26(21)3)17-7-5-6-8-18(17)28-4/h5-14H,1-4H3,(H,23,27)/t13-,14-/m0/s1. The lowest BCUT2D eigenvalue weighted by Crippen LogP contribution is -2.33. The number of para-hydroxylation sites is 1. The Hall–Kier alpha value is -2.87. The van der Waals surface area contributed by atoms with Crippen LogP contribution >= 0.6 is 11.8 Å². The number of hydrogen-bond acceptors (Lipinski definition) is 5. The van der Waals surface area contributed by atoms with Gasteiger partial charge in [-0.05, 0) is 43.7 Å². The molecule has 0 fully saturated rings. The van der Waals surface area contributed by atoms with Crippen LogP contribution in [0.4, 0.5) is 4.39 Å². The van der Waals surface area contributed by atoms with Gasteiger partial charge < -0.3 is 14.6 Å². The first-order valence-corrected chi connectivity index (χ1v) is 10.0. The number of rotatable bonds is 7. The van der Waals surface area contributed by atoms with Crippen molar-refractivity contribution in [1.82, 2.24) is 20.1 Å².